The smallest absolute Gasteiger partial charge is 0.265 e. The number of imidazole rings is 1. The Kier molecular flexibility index (Phi) is 4.97. The van der Waals surface area contributed by atoms with E-state index < -0.39 is 0 Å². The molecular formula is C21H17ClN4O2. The number of nitrogens with two attached hydrogens (primary N) is 1. The summed E-state index contributed by atoms with van der Waals surface area (Å²) in [6.07, 6.45) is 0. The number of nitrogens with one attached hydrogen (secondary N) is 2. The van der Waals surface area contributed by atoms with E-state index in [9.17, 15) is 4.79 Å². The number of fused-ring (bicyclic) bond motifs is 1. The Bertz CT molecular complexity index is 1160. The lowest BCUT2D eigenvalue weighted by atomic mass is 10.2. The van der Waals surface area contributed by atoms with Gasteiger partial charge in [-0.1, -0.05) is 41.9 Å². The van der Waals surface area contributed by atoms with Crippen LogP contribution in [-0.4, -0.2) is 15.9 Å². The van der Waals surface area contributed by atoms with Crippen molar-refractivity contribution in [3.8, 4) is 17.1 Å². The minimum absolute atomic E-state index is 0.354. The topological polar surface area (TPSA) is 93.0 Å². The first kappa shape index (κ1) is 18.0. The first-order valence-corrected chi connectivity index (χ1v) is 8.99. The molecule has 0 saturated heterocycles. The van der Waals surface area contributed by atoms with Crippen LogP contribution in [0.5, 0.6) is 5.75 Å². The van der Waals surface area contributed by atoms with E-state index in [1.54, 1.807) is 18.2 Å². The lowest BCUT2D eigenvalue weighted by Crippen LogP contribution is -2.29. The van der Waals surface area contributed by atoms with Gasteiger partial charge in [0.05, 0.1) is 11.0 Å². The van der Waals surface area contributed by atoms with Crippen LogP contribution < -0.4 is 16.0 Å². The van der Waals surface area contributed by atoms with E-state index in [0.29, 0.717) is 28.8 Å². The minimum Gasteiger partial charge on any atom is -0.489 e. The summed E-state index contributed by atoms with van der Waals surface area (Å²) >= 11 is 6.18. The first-order chi connectivity index (χ1) is 13.6. The number of amides is 1. The number of ether oxygens (including phenoxy) is 1. The van der Waals surface area contributed by atoms with Gasteiger partial charge in [0, 0.05) is 21.7 Å². The molecule has 0 unspecified atom stereocenters. The van der Waals surface area contributed by atoms with Gasteiger partial charge < -0.3 is 9.72 Å². The molecule has 4 rings (SSSR count). The SMILES string of the molecule is NNC(=O)c1ccc2nc(-c3cccc(OCc4ccccc4Cl)c3)[nH]c2c1. The summed E-state index contributed by atoms with van der Waals surface area (Å²) in [7, 11) is 0. The zero-order valence-corrected chi connectivity index (χ0v) is 15.5. The summed E-state index contributed by atoms with van der Waals surface area (Å²) < 4.78 is 5.88. The van der Waals surface area contributed by atoms with Crippen molar-refractivity contribution >= 4 is 28.5 Å². The molecule has 3 aromatic carbocycles. The van der Waals surface area contributed by atoms with Crippen molar-refractivity contribution in [2.75, 3.05) is 0 Å². The molecule has 1 heterocycles. The zero-order valence-electron chi connectivity index (χ0n) is 14.8. The monoisotopic (exact) mass is 392 g/mol. The van der Waals surface area contributed by atoms with Crippen molar-refractivity contribution in [1.29, 1.82) is 0 Å². The fourth-order valence-electron chi connectivity index (χ4n) is 2.88. The molecule has 7 heteroatoms. The Hall–Kier alpha value is -3.35. The molecule has 28 heavy (non-hydrogen) atoms. The van der Waals surface area contributed by atoms with Gasteiger partial charge in [0.1, 0.15) is 18.2 Å². The molecule has 0 aliphatic heterocycles. The summed E-state index contributed by atoms with van der Waals surface area (Å²) in [5, 5.41) is 0.674. The van der Waals surface area contributed by atoms with Gasteiger partial charge >= 0.3 is 0 Å². The first-order valence-electron chi connectivity index (χ1n) is 8.61. The number of nitrogens with zero attached hydrogens (tertiary/aromatic N) is 1. The van der Waals surface area contributed by atoms with E-state index in [4.69, 9.17) is 22.2 Å². The molecule has 4 N–H and O–H groups in total. The quantitative estimate of drug-likeness (QED) is 0.271. The van der Waals surface area contributed by atoms with Crippen LogP contribution in [0.25, 0.3) is 22.4 Å². The lowest BCUT2D eigenvalue weighted by Gasteiger charge is -2.08. The number of rotatable bonds is 5. The van der Waals surface area contributed by atoms with Gasteiger partial charge in [0.25, 0.3) is 5.91 Å². The van der Waals surface area contributed by atoms with Crippen molar-refractivity contribution < 1.29 is 9.53 Å². The van der Waals surface area contributed by atoms with Crippen LogP contribution in [0, 0.1) is 0 Å². The number of carbonyl (C=O) groups excluding carboxylic acids is 1. The van der Waals surface area contributed by atoms with Gasteiger partial charge in [0.15, 0.2) is 0 Å². The molecule has 0 saturated carbocycles. The third kappa shape index (κ3) is 3.69. The fourth-order valence-corrected chi connectivity index (χ4v) is 3.07. The second-order valence-electron chi connectivity index (χ2n) is 6.20. The van der Waals surface area contributed by atoms with Gasteiger partial charge in [-0.25, -0.2) is 10.8 Å². The highest BCUT2D eigenvalue weighted by atomic mass is 35.5. The zero-order chi connectivity index (χ0) is 19.5. The third-order valence-electron chi connectivity index (χ3n) is 4.33. The van der Waals surface area contributed by atoms with E-state index in [1.807, 2.05) is 48.5 Å². The molecule has 0 aliphatic carbocycles. The van der Waals surface area contributed by atoms with E-state index in [0.717, 1.165) is 22.2 Å². The Balaban J connectivity index is 1.58. The number of nitrogen functional groups attached to an aromatic ring is 1. The van der Waals surface area contributed by atoms with Gasteiger partial charge in [0.2, 0.25) is 0 Å². The van der Waals surface area contributed by atoms with Crippen LogP contribution in [0.1, 0.15) is 15.9 Å². The standard InChI is InChI=1S/C21H17ClN4O2/c22-17-7-2-1-4-15(17)12-28-16-6-3-5-13(10-16)20-24-18-9-8-14(21(27)26-23)11-19(18)25-20/h1-11H,12,23H2,(H,24,25)(H,26,27). The van der Waals surface area contributed by atoms with Gasteiger partial charge in [-0.3, -0.25) is 10.2 Å². The van der Waals surface area contributed by atoms with E-state index in [-0.39, 0.29) is 5.91 Å². The van der Waals surface area contributed by atoms with Gasteiger partial charge in [-0.2, -0.15) is 0 Å². The number of hydrogen-bond donors (Lipinski definition) is 3. The Labute approximate surface area is 166 Å². The molecular weight excluding hydrogens is 376 g/mol. The summed E-state index contributed by atoms with van der Waals surface area (Å²) in [6, 6.07) is 20.4. The maximum atomic E-state index is 11.7. The van der Waals surface area contributed by atoms with Crippen molar-refractivity contribution in [2.45, 2.75) is 6.61 Å². The number of aromatic nitrogens is 2. The highest BCUT2D eigenvalue weighted by Gasteiger charge is 2.10. The summed E-state index contributed by atoms with van der Waals surface area (Å²) in [5.41, 5.74) is 5.88. The van der Waals surface area contributed by atoms with Gasteiger partial charge in [-0.05, 0) is 36.4 Å². The highest BCUT2D eigenvalue weighted by Crippen LogP contribution is 2.26. The summed E-state index contributed by atoms with van der Waals surface area (Å²) in [6.45, 7) is 0.376. The Morgan fingerprint density at radius 1 is 1.11 bits per heavy atom. The number of H-pyrrole nitrogens is 1. The molecule has 0 bridgehead atoms. The van der Waals surface area contributed by atoms with Crippen LogP contribution in [0.4, 0.5) is 0 Å². The Morgan fingerprint density at radius 3 is 2.79 bits per heavy atom. The predicted molar refractivity (Wildman–Crippen MR) is 109 cm³/mol. The molecule has 1 amide bonds. The number of halogens is 1. The molecule has 0 aliphatic rings. The molecule has 6 nitrogen and oxygen atoms in total. The Morgan fingerprint density at radius 2 is 1.96 bits per heavy atom. The maximum Gasteiger partial charge on any atom is 0.265 e. The van der Waals surface area contributed by atoms with Crippen molar-refractivity contribution in [1.82, 2.24) is 15.4 Å². The molecule has 0 atom stereocenters. The van der Waals surface area contributed by atoms with E-state index in [2.05, 4.69) is 15.4 Å². The number of benzene rings is 3. The van der Waals surface area contributed by atoms with Crippen LogP contribution in [0.2, 0.25) is 5.02 Å². The average molecular weight is 393 g/mol. The molecule has 0 fully saturated rings. The van der Waals surface area contributed by atoms with Crippen molar-refractivity contribution in [2.24, 2.45) is 5.84 Å². The minimum atomic E-state index is -0.354. The summed E-state index contributed by atoms with van der Waals surface area (Å²) in [4.78, 5) is 19.5. The van der Waals surface area contributed by atoms with Crippen molar-refractivity contribution in [3.63, 3.8) is 0 Å². The average Bonchev–Trinajstić information content (AvgIpc) is 3.16. The van der Waals surface area contributed by atoms with Crippen LogP contribution in [-0.2, 0) is 6.61 Å². The number of hydrogen-bond acceptors (Lipinski definition) is 4. The summed E-state index contributed by atoms with van der Waals surface area (Å²) in [5.74, 6) is 6.23. The van der Waals surface area contributed by atoms with Crippen LogP contribution in [0.15, 0.2) is 66.7 Å². The molecule has 140 valence electrons. The maximum absolute atomic E-state index is 11.7. The lowest BCUT2D eigenvalue weighted by molar-refractivity contribution is 0.0954. The van der Waals surface area contributed by atoms with Crippen molar-refractivity contribution in [3.05, 3.63) is 82.9 Å². The number of carbonyl (C=O) groups is 1. The molecule has 4 aromatic rings. The molecule has 0 radical (unpaired) electrons. The second kappa shape index (κ2) is 7.72. The van der Waals surface area contributed by atoms with Crippen LogP contribution in [0.3, 0.4) is 0 Å². The predicted octanol–water partition coefficient (Wildman–Crippen LogP) is 4.07. The van der Waals surface area contributed by atoms with E-state index in [1.165, 1.54) is 0 Å². The number of aromatic amines is 1. The third-order valence-corrected chi connectivity index (χ3v) is 4.70. The largest absolute Gasteiger partial charge is 0.489 e. The van der Waals surface area contributed by atoms with Crippen LogP contribution >= 0.6 is 11.6 Å². The normalized spacial score (nSPS) is 10.8. The van der Waals surface area contributed by atoms with E-state index >= 15 is 0 Å². The fraction of sp³-hybridized carbons (Fsp3) is 0.0476. The second-order valence-corrected chi connectivity index (χ2v) is 6.61. The molecule has 0 spiro atoms. The highest BCUT2D eigenvalue weighted by molar-refractivity contribution is 6.31. The van der Waals surface area contributed by atoms with Gasteiger partial charge in [-0.15, -0.1) is 0 Å². The molecule has 1 aromatic heterocycles. The number of hydrazine groups is 1.